The highest BCUT2D eigenvalue weighted by Crippen LogP contribution is 2.31. The standard InChI is InChI=1S/C21H23F2N3O5S/c22-15-1-3-17(18(23)13-15)21(27)24-19-14-16(32(28,29)26-7-11-31-12-8-26)2-4-20(19)25-5-9-30-10-6-25/h1-4,13-14H,5-12H2,(H,24,27). The van der Waals surface area contributed by atoms with Gasteiger partial charge in [0, 0.05) is 32.2 Å². The zero-order valence-corrected chi connectivity index (χ0v) is 18.0. The summed E-state index contributed by atoms with van der Waals surface area (Å²) in [5, 5.41) is 2.61. The van der Waals surface area contributed by atoms with Gasteiger partial charge in [0.05, 0.1) is 48.3 Å². The Morgan fingerprint density at radius 3 is 2.22 bits per heavy atom. The van der Waals surface area contributed by atoms with Crippen LogP contribution in [0.3, 0.4) is 0 Å². The van der Waals surface area contributed by atoms with Crippen molar-refractivity contribution in [2.24, 2.45) is 0 Å². The van der Waals surface area contributed by atoms with Gasteiger partial charge in [-0.3, -0.25) is 4.79 Å². The summed E-state index contributed by atoms with van der Waals surface area (Å²) in [6.45, 7) is 3.12. The van der Waals surface area contributed by atoms with Crippen LogP contribution in [0.2, 0.25) is 0 Å². The summed E-state index contributed by atoms with van der Waals surface area (Å²) in [5.41, 5.74) is 0.459. The number of hydrogen-bond donors (Lipinski definition) is 1. The maximum absolute atomic E-state index is 14.1. The first kappa shape index (κ1) is 22.6. The topological polar surface area (TPSA) is 88.2 Å². The Labute approximate surface area is 184 Å². The molecule has 0 saturated carbocycles. The number of anilines is 2. The highest BCUT2D eigenvalue weighted by atomic mass is 32.2. The Morgan fingerprint density at radius 2 is 1.56 bits per heavy atom. The number of carbonyl (C=O) groups excluding carboxylic acids is 1. The zero-order valence-electron chi connectivity index (χ0n) is 17.2. The Bertz CT molecular complexity index is 1100. The molecule has 172 valence electrons. The van der Waals surface area contributed by atoms with Gasteiger partial charge in [-0.25, -0.2) is 17.2 Å². The number of ether oxygens (including phenoxy) is 2. The molecule has 2 aromatic rings. The molecule has 1 amide bonds. The number of benzene rings is 2. The molecule has 32 heavy (non-hydrogen) atoms. The maximum atomic E-state index is 14.1. The van der Waals surface area contributed by atoms with Gasteiger partial charge in [-0.2, -0.15) is 4.31 Å². The van der Waals surface area contributed by atoms with E-state index in [-0.39, 0.29) is 29.2 Å². The fourth-order valence-corrected chi connectivity index (χ4v) is 5.09. The van der Waals surface area contributed by atoms with Crippen molar-refractivity contribution < 1.29 is 31.5 Å². The van der Waals surface area contributed by atoms with Crippen LogP contribution in [0.4, 0.5) is 20.2 Å². The number of halogens is 2. The van der Waals surface area contributed by atoms with Crippen LogP contribution in [0.1, 0.15) is 10.4 Å². The molecule has 0 bridgehead atoms. The van der Waals surface area contributed by atoms with Crippen LogP contribution in [-0.2, 0) is 19.5 Å². The van der Waals surface area contributed by atoms with Gasteiger partial charge >= 0.3 is 0 Å². The molecule has 8 nitrogen and oxygen atoms in total. The highest BCUT2D eigenvalue weighted by molar-refractivity contribution is 7.89. The number of morpholine rings is 2. The van der Waals surface area contributed by atoms with E-state index in [1.807, 2.05) is 4.90 Å². The van der Waals surface area contributed by atoms with Gasteiger partial charge in [-0.05, 0) is 30.3 Å². The van der Waals surface area contributed by atoms with Gasteiger partial charge in [0.15, 0.2) is 0 Å². The molecule has 2 heterocycles. The second kappa shape index (κ2) is 9.49. The summed E-state index contributed by atoms with van der Waals surface area (Å²) < 4.78 is 65.5. The molecule has 0 unspecified atom stereocenters. The Morgan fingerprint density at radius 1 is 0.906 bits per heavy atom. The van der Waals surface area contributed by atoms with E-state index in [0.717, 1.165) is 12.1 Å². The van der Waals surface area contributed by atoms with Crippen LogP contribution >= 0.6 is 0 Å². The first-order chi connectivity index (χ1) is 15.4. The minimum Gasteiger partial charge on any atom is -0.379 e. The van der Waals surface area contributed by atoms with Crippen molar-refractivity contribution in [3.63, 3.8) is 0 Å². The zero-order chi connectivity index (χ0) is 22.7. The minimum atomic E-state index is -3.81. The molecule has 2 aliphatic heterocycles. The van der Waals surface area contributed by atoms with Crippen LogP contribution in [-0.4, -0.2) is 71.2 Å². The molecule has 0 spiro atoms. The Hall–Kier alpha value is -2.60. The smallest absolute Gasteiger partial charge is 0.258 e. The van der Waals surface area contributed by atoms with Gasteiger partial charge in [0.2, 0.25) is 10.0 Å². The molecule has 0 radical (unpaired) electrons. The van der Waals surface area contributed by atoms with E-state index in [2.05, 4.69) is 5.32 Å². The second-order valence-electron chi connectivity index (χ2n) is 7.37. The fourth-order valence-electron chi connectivity index (χ4n) is 3.66. The van der Waals surface area contributed by atoms with E-state index in [9.17, 15) is 22.0 Å². The van der Waals surface area contributed by atoms with E-state index >= 15 is 0 Å². The van der Waals surface area contributed by atoms with Crippen molar-refractivity contribution in [2.45, 2.75) is 4.90 Å². The molecular weight excluding hydrogens is 444 g/mol. The van der Waals surface area contributed by atoms with Crippen molar-refractivity contribution in [1.82, 2.24) is 4.31 Å². The predicted molar refractivity (Wildman–Crippen MR) is 113 cm³/mol. The number of carbonyl (C=O) groups is 1. The summed E-state index contributed by atoms with van der Waals surface area (Å²) in [5.74, 6) is -2.61. The van der Waals surface area contributed by atoms with Crippen molar-refractivity contribution >= 4 is 27.3 Å². The average molecular weight is 467 g/mol. The third-order valence-electron chi connectivity index (χ3n) is 5.35. The summed E-state index contributed by atoms with van der Waals surface area (Å²) in [7, 11) is -3.81. The minimum absolute atomic E-state index is 0.00582. The molecule has 0 atom stereocenters. The number of amides is 1. The van der Waals surface area contributed by atoms with E-state index in [0.29, 0.717) is 51.3 Å². The number of nitrogens with one attached hydrogen (secondary N) is 1. The predicted octanol–water partition coefficient (Wildman–Crippen LogP) is 2.07. The molecule has 2 saturated heterocycles. The lowest BCUT2D eigenvalue weighted by Crippen LogP contribution is -2.40. The first-order valence-corrected chi connectivity index (χ1v) is 11.6. The number of sulfonamides is 1. The van der Waals surface area contributed by atoms with Gasteiger partial charge in [-0.15, -0.1) is 0 Å². The number of nitrogens with zero attached hydrogens (tertiary/aromatic N) is 2. The van der Waals surface area contributed by atoms with Crippen molar-refractivity contribution in [3.8, 4) is 0 Å². The number of hydrogen-bond acceptors (Lipinski definition) is 6. The molecule has 2 aliphatic rings. The van der Waals surface area contributed by atoms with E-state index in [1.165, 1.54) is 16.4 Å². The summed E-state index contributed by atoms with van der Waals surface area (Å²) in [6, 6.07) is 7.13. The summed E-state index contributed by atoms with van der Waals surface area (Å²) in [6.07, 6.45) is 0. The molecule has 0 aromatic heterocycles. The average Bonchev–Trinajstić information content (AvgIpc) is 2.80. The lowest BCUT2D eigenvalue weighted by Gasteiger charge is -2.31. The van der Waals surface area contributed by atoms with E-state index < -0.39 is 27.6 Å². The highest BCUT2D eigenvalue weighted by Gasteiger charge is 2.28. The SMILES string of the molecule is O=C(Nc1cc(S(=O)(=O)N2CCOCC2)ccc1N1CCOCC1)c1ccc(F)cc1F. The van der Waals surface area contributed by atoms with Crippen LogP contribution in [0, 0.1) is 11.6 Å². The van der Waals surface area contributed by atoms with Gasteiger partial charge in [-0.1, -0.05) is 0 Å². The van der Waals surface area contributed by atoms with Crippen LogP contribution in [0.25, 0.3) is 0 Å². The molecule has 0 aliphatic carbocycles. The molecule has 2 aromatic carbocycles. The van der Waals surface area contributed by atoms with E-state index in [1.54, 1.807) is 6.07 Å². The molecule has 1 N–H and O–H groups in total. The Kier molecular flexibility index (Phi) is 6.70. The van der Waals surface area contributed by atoms with Crippen molar-refractivity contribution in [2.75, 3.05) is 62.8 Å². The third-order valence-corrected chi connectivity index (χ3v) is 7.25. The Balaban J connectivity index is 1.69. The van der Waals surface area contributed by atoms with Crippen LogP contribution in [0.5, 0.6) is 0 Å². The van der Waals surface area contributed by atoms with Crippen molar-refractivity contribution in [3.05, 3.63) is 53.6 Å². The lowest BCUT2D eigenvalue weighted by atomic mass is 10.1. The first-order valence-electron chi connectivity index (χ1n) is 10.2. The van der Waals surface area contributed by atoms with Crippen LogP contribution in [0.15, 0.2) is 41.3 Å². The maximum Gasteiger partial charge on any atom is 0.258 e. The summed E-state index contributed by atoms with van der Waals surface area (Å²) >= 11 is 0. The second-order valence-corrected chi connectivity index (χ2v) is 9.31. The lowest BCUT2D eigenvalue weighted by molar-refractivity contribution is 0.0730. The quantitative estimate of drug-likeness (QED) is 0.725. The largest absolute Gasteiger partial charge is 0.379 e. The molecule has 2 fully saturated rings. The van der Waals surface area contributed by atoms with Crippen LogP contribution < -0.4 is 10.2 Å². The van der Waals surface area contributed by atoms with Gasteiger partial charge in [0.1, 0.15) is 11.6 Å². The molecule has 11 heteroatoms. The fraction of sp³-hybridized carbons (Fsp3) is 0.381. The van der Waals surface area contributed by atoms with Gasteiger partial charge in [0.25, 0.3) is 5.91 Å². The monoisotopic (exact) mass is 467 g/mol. The summed E-state index contributed by atoms with van der Waals surface area (Å²) in [4.78, 5) is 14.7. The number of rotatable bonds is 5. The molecular formula is C21H23F2N3O5S. The van der Waals surface area contributed by atoms with Gasteiger partial charge < -0.3 is 19.7 Å². The van der Waals surface area contributed by atoms with E-state index in [4.69, 9.17) is 9.47 Å². The molecule has 4 rings (SSSR count). The van der Waals surface area contributed by atoms with Crippen molar-refractivity contribution in [1.29, 1.82) is 0 Å². The third kappa shape index (κ3) is 4.75. The normalized spacial score (nSPS) is 17.9.